The second-order valence-electron chi connectivity index (χ2n) is 3.86. The van der Waals surface area contributed by atoms with Gasteiger partial charge in [-0.1, -0.05) is 6.92 Å². The van der Waals surface area contributed by atoms with Gasteiger partial charge in [-0.3, -0.25) is 0 Å². The third-order valence-electron chi connectivity index (χ3n) is 3.26. The van der Waals surface area contributed by atoms with Crippen LogP contribution in [0.2, 0.25) is 0 Å². The van der Waals surface area contributed by atoms with Gasteiger partial charge in [0.25, 0.3) is 0 Å². The van der Waals surface area contributed by atoms with Crippen LogP contribution in [-0.2, 0) is 0 Å². The zero-order chi connectivity index (χ0) is 6.97. The summed E-state index contributed by atoms with van der Waals surface area (Å²) < 4.78 is 0. The van der Waals surface area contributed by atoms with E-state index in [0.29, 0.717) is 0 Å². The van der Waals surface area contributed by atoms with Crippen LogP contribution < -0.4 is 5.32 Å². The lowest BCUT2D eigenvalue weighted by Gasteiger charge is -2.29. The van der Waals surface area contributed by atoms with Crippen LogP contribution in [0.5, 0.6) is 0 Å². The van der Waals surface area contributed by atoms with Gasteiger partial charge in [0.05, 0.1) is 0 Å². The fourth-order valence-corrected chi connectivity index (χ4v) is 2.63. The Kier molecular flexibility index (Phi) is 1.69. The SMILES string of the molecule is CCC1NCC2CCC1C2. The molecule has 0 amide bonds. The molecule has 1 saturated heterocycles. The van der Waals surface area contributed by atoms with Crippen LogP contribution in [-0.4, -0.2) is 12.6 Å². The number of nitrogens with one attached hydrogen (secondary N) is 1. The van der Waals surface area contributed by atoms with Crippen LogP contribution in [0.4, 0.5) is 0 Å². The summed E-state index contributed by atoms with van der Waals surface area (Å²) in [5, 5.41) is 3.63. The van der Waals surface area contributed by atoms with Crippen molar-refractivity contribution < 1.29 is 0 Å². The van der Waals surface area contributed by atoms with Crippen molar-refractivity contribution in [3.8, 4) is 0 Å². The van der Waals surface area contributed by atoms with Gasteiger partial charge in [0, 0.05) is 6.04 Å². The van der Waals surface area contributed by atoms with Gasteiger partial charge < -0.3 is 5.32 Å². The maximum Gasteiger partial charge on any atom is 0.00929 e. The number of piperidine rings is 1. The van der Waals surface area contributed by atoms with Crippen LogP contribution in [0.3, 0.4) is 0 Å². The lowest BCUT2D eigenvalue weighted by molar-refractivity contribution is 0.282. The molecule has 2 fully saturated rings. The van der Waals surface area contributed by atoms with E-state index < -0.39 is 0 Å². The van der Waals surface area contributed by atoms with E-state index in [1.54, 1.807) is 0 Å². The zero-order valence-corrected chi connectivity index (χ0v) is 6.77. The summed E-state index contributed by atoms with van der Waals surface area (Å²) in [6, 6.07) is 0.860. The number of hydrogen-bond donors (Lipinski definition) is 1. The smallest absolute Gasteiger partial charge is 0.00929 e. The van der Waals surface area contributed by atoms with Crippen molar-refractivity contribution in [2.24, 2.45) is 11.8 Å². The van der Waals surface area contributed by atoms with E-state index in [0.717, 1.165) is 17.9 Å². The van der Waals surface area contributed by atoms with Gasteiger partial charge in [-0.05, 0) is 44.1 Å². The summed E-state index contributed by atoms with van der Waals surface area (Å²) in [6.45, 7) is 3.60. The Bertz CT molecular complexity index is 122. The molecule has 0 aromatic rings. The first-order chi connectivity index (χ1) is 4.90. The molecule has 2 rings (SSSR count). The first-order valence-electron chi connectivity index (χ1n) is 4.63. The van der Waals surface area contributed by atoms with Crippen molar-refractivity contribution in [1.29, 1.82) is 0 Å². The summed E-state index contributed by atoms with van der Waals surface area (Å²) >= 11 is 0. The predicted octanol–water partition coefficient (Wildman–Crippen LogP) is 1.78. The average Bonchev–Trinajstić information content (AvgIpc) is 2.34. The maximum absolute atomic E-state index is 3.63. The molecule has 0 radical (unpaired) electrons. The molecule has 0 spiro atoms. The third-order valence-corrected chi connectivity index (χ3v) is 3.26. The van der Waals surface area contributed by atoms with Crippen molar-refractivity contribution in [2.45, 2.75) is 38.6 Å². The largest absolute Gasteiger partial charge is 0.313 e. The van der Waals surface area contributed by atoms with Crippen LogP contribution >= 0.6 is 0 Å². The van der Waals surface area contributed by atoms with E-state index >= 15 is 0 Å². The lowest BCUT2D eigenvalue weighted by atomic mass is 9.91. The molecule has 1 heterocycles. The monoisotopic (exact) mass is 139 g/mol. The number of hydrogen-bond acceptors (Lipinski definition) is 1. The van der Waals surface area contributed by atoms with E-state index in [1.165, 1.54) is 32.2 Å². The van der Waals surface area contributed by atoms with Crippen LogP contribution in [0, 0.1) is 11.8 Å². The normalized spacial score (nSPS) is 45.9. The molecule has 2 bridgehead atoms. The molecule has 2 aliphatic rings. The minimum Gasteiger partial charge on any atom is -0.313 e. The topological polar surface area (TPSA) is 12.0 Å². The Morgan fingerprint density at radius 1 is 1.40 bits per heavy atom. The molecule has 1 saturated carbocycles. The second kappa shape index (κ2) is 2.54. The molecule has 10 heavy (non-hydrogen) atoms. The van der Waals surface area contributed by atoms with E-state index in [4.69, 9.17) is 0 Å². The van der Waals surface area contributed by atoms with Gasteiger partial charge in [0.1, 0.15) is 0 Å². The van der Waals surface area contributed by atoms with E-state index in [2.05, 4.69) is 12.2 Å². The first kappa shape index (κ1) is 6.66. The van der Waals surface area contributed by atoms with Gasteiger partial charge >= 0.3 is 0 Å². The van der Waals surface area contributed by atoms with Crippen molar-refractivity contribution >= 4 is 0 Å². The van der Waals surface area contributed by atoms with Crippen molar-refractivity contribution in [3.05, 3.63) is 0 Å². The molecule has 1 aliphatic carbocycles. The number of fused-ring (bicyclic) bond motifs is 2. The van der Waals surface area contributed by atoms with Gasteiger partial charge in [-0.25, -0.2) is 0 Å². The highest BCUT2D eigenvalue weighted by atomic mass is 14.9. The van der Waals surface area contributed by atoms with Crippen molar-refractivity contribution in [3.63, 3.8) is 0 Å². The van der Waals surface area contributed by atoms with Gasteiger partial charge in [-0.15, -0.1) is 0 Å². The second-order valence-corrected chi connectivity index (χ2v) is 3.86. The maximum atomic E-state index is 3.63. The minimum atomic E-state index is 0.860. The fraction of sp³-hybridized carbons (Fsp3) is 1.00. The van der Waals surface area contributed by atoms with Gasteiger partial charge in [0.2, 0.25) is 0 Å². The lowest BCUT2D eigenvalue weighted by Crippen LogP contribution is -2.40. The highest BCUT2D eigenvalue weighted by molar-refractivity contribution is 4.89. The summed E-state index contributed by atoms with van der Waals surface area (Å²) in [5.74, 6) is 2.07. The number of rotatable bonds is 1. The summed E-state index contributed by atoms with van der Waals surface area (Å²) in [7, 11) is 0. The molecule has 58 valence electrons. The third kappa shape index (κ3) is 0.968. The van der Waals surface area contributed by atoms with E-state index in [9.17, 15) is 0 Å². The summed E-state index contributed by atoms with van der Waals surface area (Å²) in [6.07, 6.45) is 5.84. The quantitative estimate of drug-likeness (QED) is 0.584. The molecule has 0 aromatic carbocycles. The molecule has 1 N–H and O–H groups in total. The van der Waals surface area contributed by atoms with Gasteiger partial charge in [0.15, 0.2) is 0 Å². The Balaban J connectivity index is 2.00. The first-order valence-corrected chi connectivity index (χ1v) is 4.63. The molecule has 1 aliphatic heterocycles. The summed E-state index contributed by atoms with van der Waals surface area (Å²) in [5.41, 5.74) is 0. The molecule has 3 unspecified atom stereocenters. The Morgan fingerprint density at radius 3 is 3.10 bits per heavy atom. The average molecular weight is 139 g/mol. The Hall–Kier alpha value is -0.0400. The minimum absolute atomic E-state index is 0.860. The highest BCUT2D eigenvalue weighted by Crippen LogP contribution is 2.36. The Morgan fingerprint density at radius 2 is 2.30 bits per heavy atom. The summed E-state index contributed by atoms with van der Waals surface area (Å²) in [4.78, 5) is 0. The van der Waals surface area contributed by atoms with Crippen LogP contribution in [0.15, 0.2) is 0 Å². The van der Waals surface area contributed by atoms with Crippen molar-refractivity contribution in [2.75, 3.05) is 6.54 Å². The molecule has 1 nitrogen and oxygen atoms in total. The molecular weight excluding hydrogens is 122 g/mol. The molecule has 0 aromatic heterocycles. The standard InChI is InChI=1S/C9H17N/c1-2-9-8-4-3-7(5-8)6-10-9/h7-10H,2-6H2,1H3. The molecule has 1 heteroatoms. The van der Waals surface area contributed by atoms with Crippen LogP contribution in [0.25, 0.3) is 0 Å². The van der Waals surface area contributed by atoms with Crippen LogP contribution in [0.1, 0.15) is 32.6 Å². The highest BCUT2D eigenvalue weighted by Gasteiger charge is 2.33. The predicted molar refractivity (Wildman–Crippen MR) is 42.9 cm³/mol. The fourth-order valence-electron chi connectivity index (χ4n) is 2.63. The zero-order valence-electron chi connectivity index (χ0n) is 6.77. The van der Waals surface area contributed by atoms with E-state index in [-0.39, 0.29) is 0 Å². The van der Waals surface area contributed by atoms with Gasteiger partial charge in [-0.2, -0.15) is 0 Å². The molecule has 3 atom stereocenters. The Labute approximate surface area is 63.2 Å². The van der Waals surface area contributed by atoms with Crippen molar-refractivity contribution in [1.82, 2.24) is 5.32 Å². The molecular formula is C9H17N. The van der Waals surface area contributed by atoms with E-state index in [1.807, 2.05) is 0 Å².